The van der Waals surface area contributed by atoms with Gasteiger partial charge in [-0.15, -0.1) is 13.1 Å². The number of hydrogen-bond acceptors (Lipinski definition) is 0. The zero-order valence-electron chi connectivity index (χ0n) is 5.35. The molecule has 1 saturated heterocycles. The summed E-state index contributed by atoms with van der Waals surface area (Å²) in [7, 11) is 0. The minimum absolute atomic E-state index is 0. The minimum atomic E-state index is 0. The van der Waals surface area contributed by atoms with Gasteiger partial charge in [0.25, 0.3) is 0 Å². The molecule has 0 unspecified atom stereocenters. The maximum absolute atomic E-state index is 4.23. The second-order valence-electron chi connectivity index (χ2n) is 2.35. The van der Waals surface area contributed by atoms with Crippen LogP contribution in [0.4, 0.5) is 0 Å². The minimum Gasteiger partial charge on any atom is -0.662 e. The van der Waals surface area contributed by atoms with Crippen molar-refractivity contribution in [2.24, 2.45) is 5.92 Å². The molecule has 0 aromatic carbocycles. The van der Waals surface area contributed by atoms with E-state index in [1.165, 1.54) is 12.8 Å². The van der Waals surface area contributed by atoms with E-state index >= 15 is 0 Å². The summed E-state index contributed by atoms with van der Waals surface area (Å²) in [5.41, 5.74) is 0. The molecule has 8 heavy (non-hydrogen) atoms. The van der Waals surface area contributed by atoms with Gasteiger partial charge in [-0.25, -0.2) is 0 Å². The average Bonchev–Trinajstić information content (AvgIpc) is 1.69. The van der Waals surface area contributed by atoms with E-state index in [2.05, 4.69) is 12.2 Å². The SMILES string of the molecule is CC1CC[N-]CC1.[U]. The molecule has 0 aromatic rings. The number of nitrogens with zero attached hydrogens (tertiary/aromatic N) is 1. The van der Waals surface area contributed by atoms with Crippen LogP contribution in [-0.2, 0) is 0 Å². The van der Waals surface area contributed by atoms with Gasteiger partial charge < -0.3 is 5.32 Å². The molecular formula is C6H12NU-. The molecule has 2 heteroatoms. The molecule has 1 nitrogen and oxygen atoms in total. The smallest absolute Gasteiger partial charge is 0 e. The second kappa shape index (κ2) is 4.85. The van der Waals surface area contributed by atoms with Crippen molar-refractivity contribution in [1.82, 2.24) is 0 Å². The predicted molar refractivity (Wildman–Crippen MR) is 31.5 cm³/mol. The van der Waals surface area contributed by atoms with Gasteiger partial charge >= 0.3 is 0 Å². The third-order valence-corrected chi connectivity index (χ3v) is 1.56. The van der Waals surface area contributed by atoms with Crippen LogP contribution >= 0.6 is 0 Å². The Bertz CT molecular complexity index is 50.5. The molecule has 1 aliphatic rings. The van der Waals surface area contributed by atoms with Gasteiger partial charge in [-0.2, -0.15) is 0 Å². The van der Waals surface area contributed by atoms with Gasteiger partial charge in [-0.1, -0.05) is 19.8 Å². The van der Waals surface area contributed by atoms with E-state index in [-0.39, 0.29) is 31.1 Å². The molecule has 0 saturated carbocycles. The van der Waals surface area contributed by atoms with E-state index in [1.807, 2.05) is 0 Å². The molecular weight excluding hydrogens is 324 g/mol. The second-order valence-corrected chi connectivity index (χ2v) is 2.35. The number of rotatable bonds is 0. The van der Waals surface area contributed by atoms with Crippen LogP contribution in [0.5, 0.6) is 0 Å². The Labute approximate surface area is 75.0 Å². The summed E-state index contributed by atoms with van der Waals surface area (Å²) in [6.07, 6.45) is 2.64. The van der Waals surface area contributed by atoms with Crippen LogP contribution in [0.15, 0.2) is 0 Å². The van der Waals surface area contributed by atoms with Gasteiger partial charge in [0.2, 0.25) is 0 Å². The zero-order valence-corrected chi connectivity index (χ0v) is 9.52. The molecule has 0 aromatic heterocycles. The summed E-state index contributed by atoms with van der Waals surface area (Å²) in [6.45, 7) is 4.52. The molecule has 0 N–H and O–H groups in total. The molecule has 1 fully saturated rings. The van der Waals surface area contributed by atoms with Crippen LogP contribution < -0.4 is 0 Å². The van der Waals surface area contributed by atoms with Crippen LogP contribution in [0, 0.1) is 37.0 Å². The van der Waals surface area contributed by atoms with Gasteiger partial charge in [0.05, 0.1) is 0 Å². The zero-order chi connectivity index (χ0) is 5.11. The Morgan fingerprint density at radius 1 is 1.25 bits per heavy atom. The maximum Gasteiger partial charge on any atom is 0 e. The van der Waals surface area contributed by atoms with E-state index in [9.17, 15) is 0 Å². The van der Waals surface area contributed by atoms with Crippen molar-refractivity contribution in [2.45, 2.75) is 19.8 Å². The Balaban J connectivity index is 0.000000490. The molecule has 1 rings (SSSR count). The van der Waals surface area contributed by atoms with E-state index in [1.54, 1.807) is 0 Å². The molecule has 0 amide bonds. The fourth-order valence-electron chi connectivity index (χ4n) is 0.879. The Kier molecular flexibility index (Phi) is 5.46. The Hall–Kier alpha value is 1.01. The van der Waals surface area contributed by atoms with Crippen LogP contribution in [0.25, 0.3) is 5.32 Å². The molecule has 1 heterocycles. The van der Waals surface area contributed by atoms with Crippen molar-refractivity contribution < 1.29 is 31.1 Å². The molecule has 46 valence electrons. The van der Waals surface area contributed by atoms with Crippen molar-refractivity contribution in [3.63, 3.8) is 0 Å². The summed E-state index contributed by atoms with van der Waals surface area (Å²) in [5, 5.41) is 4.23. The molecule has 0 bridgehead atoms. The van der Waals surface area contributed by atoms with Crippen molar-refractivity contribution in [3.05, 3.63) is 5.32 Å². The predicted octanol–water partition coefficient (Wildman–Crippen LogP) is 1.79. The Morgan fingerprint density at radius 3 is 2.00 bits per heavy atom. The number of hydrogen-bond donors (Lipinski definition) is 0. The van der Waals surface area contributed by atoms with Crippen molar-refractivity contribution in [1.29, 1.82) is 0 Å². The van der Waals surface area contributed by atoms with Crippen LogP contribution in [0.1, 0.15) is 19.8 Å². The van der Waals surface area contributed by atoms with E-state index < -0.39 is 0 Å². The molecule has 0 spiro atoms. The first-order valence-corrected chi connectivity index (χ1v) is 3.03. The summed E-state index contributed by atoms with van der Waals surface area (Å²) >= 11 is 0. The molecule has 0 radical (unpaired) electrons. The average molecular weight is 336 g/mol. The monoisotopic (exact) mass is 336 g/mol. The quantitative estimate of drug-likeness (QED) is 0.640. The van der Waals surface area contributed by atoms with Crippen LogP contribution in [-0.4, -0.2) is 13.1 Å². The third kappa shape index (κ3) is 3.12. The van der Waals surface area contributed by atoms with Crippen molar-refractivity contribution in [2.75, 3.05) is 13.1 Å². The molecule has 1 aliphatic heterocycles. The van der Waals surface area contributed by atoms with Gasteiger partial charge in [-0.05, 0) is 5.92 Å². The van der Waals surface area contributed by atoms with E-state index in [0.29, 0.717) is 0 Å². The molecule has 0 aliphatic carbocycles. The van der Waals surface area contributed by atoms with Crippen molar-refractivity contribution in [3.8, 4) is 0 Å². The first-order valence-electron chi connectivity index (χ1n) is 3.03. The summed E-state index contributed by atoms with van der Waals surface area (Å²) in [4.78, 5) is 0. The molecule has 0 atom stereocenters. The van der Waals surface area contributed by atoms with Gasteiger partial charge in [0, 0.05) is 31.1 Å². The normalized spacial score (nSPS) is 22.1. The first-order chi connectivity index (χ1) is 3.39. The third-order valence-electron chi connectivity index (χ3n) is 1.56. The topological polar surface area (TPSA) is 14.1 Å². The fourth-order valence-corrected chi connectivity index (χ4v) is 0.879. The maximum atomic E-state index is 4.23. The summed E-state index contributed by atoms with van der Waals surface area (Å²) < 4.78 is 0. The van der Waals surface area contributed by atoms with Gasteiger partial charge in [-0.3, -0.25) is 0 Å². The largest absolute Gasteiger partial charge is 0.662 e. The van der Waals surface area contributed by atoms with E-state index in [0.717, 1.165) is 19.0 Å². The van der Waals surface area contributed by atoms with Crippen molar-refractivity contribution >= 4 is 0 Å². The standard InChI is InChI=1S/C6H12N.U/c1-6-2-4-7-5-3-6;/h6H,2-5H2,1H3;/q-1;. The van der Waals surface area contributed by atoms with Crippen LogP contribution in [0.3, 0.4) is 0 Å². The summed E-state index contributed by atoms with van der Waals surface area (Å²) in [6, 6.07) is 0. The van der Waals surface area contributed by atoms with Crippen LogP contribution in [0.2, 0.25) is 0 Å². The van der Waals surface area contributed by atoms with Gasteiger partial charge in [0.1, 0.15) is 0 Å². The number of piperidine rings is 1. The van der Waals surface area contributed by atoms with E-state index in [4.69, 9.17) is 0 Å². The first kappa shape index (κ1) is 9.01. The Morgan fingerprint density at radius 2 is 1.75 bits per heavy atom. The summed E-state index contributed by atoms with van der Waals surface area (Å²) in [5.74, 6) is 0.942. The van der Waals surface area contributed by atoms with Gasteiger partial charge in [0.15, 0.2) is 0 Å². The fraction of sp³-hybridized carbons (Fsp3) is 1.00.